The first-order chi connectivity index (χ1) is 14.7. The molecule has 2 saturated heterocycles. The average molecular weight is 399 g/mol. The lowest BCUT2D eigenvalue weighted by molar-refractivity contribution is -0.126. The summed E-state index contributed by atoms with van der Waals surface area (Å²) in [5, 5.41) is 1.69. The molecule has 0 saturated carbocycles. The van der Waals surface area contributed by atoms with Gasteiger partial charge in [0.2, 0.25) is 5.91 Å². The van der Waals surface area contributed by atoms with Crippen molar-refractivity contribution >= 4 is 23.2 Å². The highest BCUT2D eigenvalue weighted by atomic mass is 16.7. The van der Waals surface area contributed by atoms with Crippen molar-refractivity contribution in [2.45, 2.75) is 25.5 Å². The smallest absolute Gasteiger partial charge is 0.266 e. The molecular formula is C24H21N3O3. The first kappa shape index (κ1) is 18.5. The second-order valence-corrected chi connectivity index (χ2v) is 7.47. The Kier molecular flexibility index (Phi) is 4.56. The molecule has 1 aromatic heterocycles. The third kappa shape index (κ3) is 2.88. The van der Waals surface area contributed by atoms with E-state index < -0.39 is 18.1 Å². The molecule has 0 spiro atoms. The predicted molar refractivity (Wildman–Crippen MR) is 113 cm³/mol. The summed E-state index contributed by atoms with van der Waals surface area (Å²) >= 11 is 0. The SMILES string of the molecule is CCc1ccc(N2C(=O)[C@@H]3[C@@H](ON(c4ccccc4)[C@H]3c3ccncc3)C2=O)cc1. The molecule has 3 heterocycles. The highest BCUT2D eigenvalue weighted by Gasteiger charge is 2.60. The number of benzene rings is 2. The fourth-order valence-electron chi connectivity index (χ4n) is 4.25. The molecule has 3 atom stereocenters. The van der Waals surface area contributed by atoms with Gasteiger partial charge in [0.1, 0.15) is 5.92 Å². The molecule has 3 aromatic rings. The lowest BCUT2D eigenvalue weighted by Gasteiger charge is -2.28. The van der Waals surface area contributed by atoms with Gasteiger partial charge in [0, 0.05) is 12.4 Å². The molecule has 150 valence electrons. The van der Waals surface area contributed by atoms with Crippen LogP contribution in [0.2, 0.25) is 0 Å². The topological polar surface area (TPSA) is 62.7 Å². The number of nitrogens with zero attached hydrogens (tertiary/aromatic N) is 3. The van der Waals surface area contributed by atoms with Crippen LogP contribution in [0.25, 0.3) is 0 Å². The zero-order chi connectivity index (χ0) is 20.7. The van der Waals surface area contributed by atoms with E-state index in [1.54, 1.807) is 17.5 Å². The predicted octanol–water partition coefficient (Wildman–Crippen LogP) is 3.70. The number of para-hydroxylation sites is 1. The van der Waals surface area contributed by atoms with Crippen molar-refractivity contribution in [3.05, 3.63) is 90.3 Å². The number of fused-ring (bicyclic) bond motifs is 1. The van der Waals surface area contributed by atoms with E-state index in [0.29, 0.717) is 5.69 Å². The van der Waals surface area contributed by atoms with Gasteiger partial charge in [-0.15, -0.1) is 0 Å². The van der Waals surface area contributed by atoms with Crippen LogP contribution >= 0.6 is 0 Å². The summed E-state index contributed by atoms with van der Waals surface area (Å²) in [6, 6.07) is 20.4. The molecule has 2 aliphatic heterocycles. The number of hydrogen-bond acceptors (Lipinski definition) is 5. The minimum Gasteiger partial charge on any atom is -0.273 e. The van der Waals surface area contributed by atoms with Gasteiger partial charge in [-0.1, -0.05) is 37.3 Å². The van der Waals surface area contributed by atoms with Crippen molar-refractivity contribution in [3.63, 3.8) is 0 Å². The van der Waals surface area contributed by atoms with E-state index in [1.165, 1.54) is 4.90 Å². The average Bonchev–Trinajstić information content (AvgIpc) is 3.31. The molecule has 0 unspecified atom stereocenters. The summed E-state index contributed by atoms with van der Waals surface area (Å²) in [6.45, 7) is 2.07. The number of imide groups is 1. The number of aromatic nitrogens is 1. The minimum absolute atomic E-state index is 0.241. The summed E-state index contributed by atoms with van der Waals surface area (Å²) in [6.07, 6.45) is 3.41. The van der Waals surface area contributed by atoms with Crippen LogP contribution in [0.4, 0.5) is 11.4 Å². The summed E-state index contributed by atoms with van der Waals surface area (Å²) in [4.78, 5) is 38.2. The normalized spacial score (nSPS) is 23.2. The molecule has 6 nitrogen and oxygen atoms in total. The van der Waals surface area contributed by atoms with Crippen LogP contribution in [-0.2, 0) is 20.8 Å². The first-order valence-corrected chi connectivity index (χ1v) is 10.1. The second kappa shape index (κ2) is 7.39. The van der Waals surface area contributed by atoms with E-state index >= 15 is 0 Å². The zero-order valence-electron chi connectivity index (χ0n) is 16.5. The van der Waals surface area contributed by atoms with Gasteiger partial charge in [-0.25, -0.2) is 9.96 Å². The lowest BCUT2D eigenvalue weighted by Crippen LogP contribution is -2.37. The van der Waals surface area contributed by atoms with Crippen LogP contribution in [-0.4, -0.2) is 22.9 Å². The highest BCUT2D eigenvalue weighted by molar-refractivity contribution is 6.23. The third-order valence-electron chi connectivity index (χ3n) is 5.78. The van der Waals surface area contributed by atoms with Gasteiger partial charge in [-0.2, -0.15) is 0 Å². The number of hydrogen-bond donors (Lipinski definition) is 0. The quantitative estimate of drug-likeness (QED) is 0.626. The van der Waals surface area contributed by atoms with Gasteiger partial charge >= 0.3 is 0 Å². The lowest BCUT2D eigenvalue weighted by atomic mass is 9.91. The Hall–Kier alpha value is -3.51. The summed E-state index contributed by atoms with van der Waals surface area (Å²) in [5.74, 6) is -1.20. The molecule has 30 heavy (non-hydrogen) atoms. The number of carbonyl (C=O) groups excluding carboxylic acids is 2. The molecule has 2 amide bonds. The third-order valence-corrected chi connectivity index (χ3v) is 5.78. The number of rotatable bonds is 4. The number of hydroxylamine groups is 1. The molecule has 5 rings (SSSR count). The number of anilines is 2. The first-order valence-electron chi connectivity index (χ1n) is 10.1. The maximum atomic E-state index is 13.5. The van der Waals surface area contributed by atoms with Gasteiger partial charge in [0.05, 0.1) is 17.4 Å². The fourth-order valence-corrected chi connectivity index (χ4v) is 4.25. The Morgan fingerprint density at radius 3 is 2.23 bits per heavy atom. The van der Waals surface area contributed by atoms with Crippen molar-refractivity contribution in [2.24, 2.45) is 5.92 Å². The Balaban J connectivity index is 1.55. The van der Waals surface area contributed by atoms with Gasteiger partial charge in [-0.3, -0.25) is 19.4 Å². The number of carbonyl (C=O) groups is 2. The van der Waals surface area contributed by atoms with E-state index in [-0.39, 0.29) is 11.8 Å². The van der Waals surface area contributed by atoms with Crippen LogP contribution in [0.15, 0.2) is 79.1 Å². The number of pyridine rings is 1. The summed E-state index contributed by atoms with van der Waals surface area (Å²) in [5.41, 5.74) is 3.41. The Morgan fingerprint density at radius 2 is 1.57 bits per heavy atom. The van der Waals surface area contributed by atoms with Gasteiger partial charge < -0.3 is 0 Å². The van der Waals surface area contributed by atoms with E-state index in [1.807, 2.05) is 66.7 Å². The standard InChI is InChI=1S/C24H21N3O3/c1-2-16-8-10-18(11-9-16)26-23(28)20-21(17-12-14-25-15-13-17)27(30-22(20)24(26)29)19-6-4-3-5-7-19/h3-15,20-22H,2H2,1H3/t20-,21-,22+/m0/s1. The second-order valence-electron chi connectivity index (χ2n) is 7.47. The minimum atomic E-state index is -0.860. The van der Waals surface area contributed by atoms with Crippen molar-refractivity contribution < 1.29 is 14.4 Å². The monoisotopic (exact) mass is 399 g/mol. The van der Waals surface area contributed by atoms with Gasteiger partial charge in [0.25, 0.3) is 5.91 Å². The molecule has 0 N–H and O–H groups in total. The summed E-state index contributed by atoms with van der Waals surface area (Å²) in [7, 11) is 0. The van der Waals surface area contributed by atoms with Crippen LogP contribution < -0.4 is 9.96 Å². The van der Waals surface area contributed by atoms with Crippen molar-refractivity contribution in [1.82, 2.24) is 4.98 Å². The largest absolute Gasteiger partial charge is 0.273 e. The molecule has 2 aromatic carbocycles. The van der Waals surface area contributed by atoms with E-state index in [9.17, 15) is 9.59 Å². The Bertz CT molecular complexity index is 1070. The highest BCUT2D eigenvalue weighted by Crippen LogP contribution is 2.47. The Morgan fingerprint density at radius 1 is 0.867 bits per heavy atom. The molecule has 6 heteroatoms. The molecule has 2 fully saturated rings. The van der Waals surface area contributed by atoms with E-state index in [4.69, 9.17) is 4.84 Å². The van der Waals surface area contributed by atoms with E-state index in [2.05, 4.69) is 11.9 Å². The van der Waals surface area contributed by atoms with Crippen molar-refractivity contribution in [2.75, 3.05) is 9.96 Å². The Labute approximate surface area is 174 Å². The van der Waals surface area contributed by atoms with Gasteiger partial charge in [0.15, 0.2) is 6.10 Å². The van der Waals surface area contributed by atoms with Crippen molar-refractivity contribution in [3.8, 4) is 0 Å². The zero-order valence-corrected chi connectivity index (χ0v) is 16.5. The molecular weight excluding hydrogens is 378 g/mol. The maximum absolute atomic E-state index is 13.5. The van der Waals surface area contributed by atoms with Crippen LogP contribution in [0, 0.1) is 5.92 Å². The van der Waals surface area contributed by atoms with Crippen LogP contribution in [0.1, 0.15) is 24.1 Å². The number of aryl methyl sites for hydroxylation is 1. The van der Waals surface area contributed by atoms with Crippen LogP contribution in [0.3, 0.4) is 0 Å². The fraction of sp³-hybridized carbons (Fsp3) is 0.208. The maximum Gasteiger partial charge on any atom is 0.266 e. The van der Waals surface area contributed by atoms with Crippen LogP contribution in [0.5, 0.6) is 0 Å². The van der Waals surface area contributed by atoms with Gasteiger partial charge in [-0.05, 0) is 53.9 Å². The molecule has 2 aliphatic rings. The molecule has 0 radical (unpaired) electrons. The molecule has 0 bridgehead atoms. The van der Waals surface area contributed by atoms with Crippen molar-refractivity contribution in [1.29, 1.82) is 0 Å². The molecule has 0 aliphatic carbocycles. The summed E-state index contributed by atoms with van der Waals surface area (Å²) < 4.78 is 0. The number of amides is 2. The van der Waals surface area contributed by atoms with E-state index in [0.717, 1.165) is 23.2 Å².